The molecule has 5 nitrogen and oxygen atoms in total. The number of hydrogen-bond acceptors (Lipinski definition) is 5. The first-order valence-corrected chi connectivity index (χ1v) is 9.77. The van der Waals surface area contributed by atoms with E-state index in [1.54, 1.807) is 0 Å². The lowest BCUT2D eigenvalue weighted by Gasteiger charge is -2.41. The van der Waals surface area contributed by atoms with Crippen LogP contribution in [0.3, 0.4) is 0 Å². The maximum Gasteiger partial charge on any atom is 0.264 e. The standard InChI is InChI=1S/C20H23NO4S/c1-20(2)11-15(7-8-25-20)21(19(22)18-4-3-9-26-18)12-14-5-6-16-17(10-14)24-13-23-16/h3-6,9-10,15H,7-8,11-13H2,1-2H3/t15-/m1/s1. The lowest BCUT2D eigenvalue weighted by atomic mass is 9.92. The van der Waals surface area contributed by atoms with Crippen LogP contribution in [-0.4, -0.2) is 35.8 Å². The van der Waals surface area contributed by atoms with Gasteiger partial charge in [0.05, 0.1) is 10.5 Å². The highest BCUT2D eigenvalue weighted by molar-refractivity contribution is 7.12. The molecule has 0 spiro atoms. The molecule has 1 saturated heterocycles. The van der Waals surface area contributed by atoms with Gasteiger partial charge in [0.15, 0.2) is 11.5 Å². The Bertz CT molecular complexity index is 787. The Kier molecular flexibility index (Phi) is 4.63. The first-order chi connectivity index (χ1) is 12.5. The summed E-state index contributed by atoms with van der Waals surface area (Å²) in [6.45, 7) is 5.66. The van der Waals surface area contributed by atoms with E-state index in [4.69, 9.17) is 14.2 Å². The van der Waals surface area contributed by atoms with Gasteiger partial charge in [-0.05, 0) is 55.8 Å². The van der Waals surface area contributed by atoms with Crippen molar-refractivity contribution < 1.29 is 19.0 Å². The number of amides is 1. The van der Waals surface area contributed by atoms with Crippen LogP contribution in [0.5, 0.6) is 11.5 Å². The third kappa shape index (κ3) is 3.57. The van der Waals surface area contributed by atoms with Crippen molar-refractivity contribution in [2.24, 2.45) is 0 Å². The highest BCUT2D eigenvalue weighted by Crippen LogP contribution is 2.34. The van der Waals surface area contributed by atoms with Crippen molar-refractivity contribution in [1.29, 1.82) is 0 Å². The van der Waals surface area contributed by atoms with Gasteiger partial charge in [-0.15, -0.1) is 11.3 Å². The molecule has 6 heteroatoms. The summed E-state index contributed by atoms with van der Waals surface area (Å²) < 4.78 is 16.7. The number of carbonyl (C=O) groups excluding carboxylic acids is 1. The second-order valence-corrected chi connectivity index (χ2v) is 8.30. The summed E-state index contributed by atoms with van der Waals surface area (Å²) in [5.41, 5.74) is 0.828. The summed E-state index contributed by atoms with van der Waals surface area (Å²) >= 11 is 1.49. The zero-order chi connectivity index (χ0) is 18.1. The van der Waals surface area contributed by atoms with E-state index in [1.807, 2.05) is 40.6 Å². The Morgan fingerprint density at radius 1 is 1.27 bits per heavy atom. The lowest BCUT2D eigenvalue weighted by Crippen LogP contribution is -2.48. The van der Waals surface area contributed by atoms with Crippen LogP contribution in [0.1, 0.15) is 41.9 Å². The summed E-state index contributed by atoms with van der Waals surface area (Å²) in [4.78, 5) is 16.0. The summed E-state index contributed by atoms with van der Waals surface area (Å²) in [7, 11) is 0. The van der Waals surface area contributed by atoms with Crippen LogP contribution < -0.4 is 9.47 Å². The van der Waals surface area contributed by atoms with E-state index in [9.17, 15) is 4.79 Å². The number of fused-ring (bicyclic) bond motifs is 1. The van der Waals surface area contributed by atoms with Crippen molar-refractivity contribution in [2.45, 2.75) is 44.9 Å². The molecule has 0 aliphatic carbocycles. The molecule has 0 saturated carbocycles. The zero-order valence-corrected chi connectivity index (χ0v) is 15.9. The van der Waals surface area contributed by atoms with Gasteiger partial charge in [-0.3, -0.25) is 4.79 Å². The van der Waals surface area contributed by atoms with Crippen molar-refractivity contribution in [3.05, 3.63) is 46.2 Å². The van der Waals surface area contributed by atoms with Crippen LogP contribution in [0.2, 0.25) is 0 Å². The Morgan fingerprint density at radius 2 is 2.12 bits per heavy atom. The van der Waals surface area contributed by atoms with E-state index < -0.39 is 0 Å². The predicted octanol–water partition coefficient (Wildman–Crippen LogP) is 4.08. The SMILES string of the molecule is CC1(C)C[C@H](N(Cc2ccc3c(c2)OCO3)C(=O)c2cccs2)CCO1. The second kappa shape index (κ2) is 6.93. The molecule has 0 N–H and O–H groups in total. The molecular weight excluding hydrogens is 350 g/mol. The molecule has 2 aromatic rings. The van der Waals surface area contributed by atoms with E-state index in [-0.39, 0.29) is 24.3 Å². The molecule has 138 valence electrons. The van der Waals surface area contributed by atoms with E-state index in [0.29, 0.717) is 13.2 Å². The van der Waals surface area contributed by atoms with Gasteiger partial charge < -0.3 is 19.1 Å². The number of carbonyl (C=O) groups is 1. The predicted molar refractivity (Wildman–Crippen MR) is 99.8 cm³/mol. The molecule has 4 rings (SSSR count). The van der Waals surface area contributed by atoms with Crippen LogP contribution in [0.25, 0.3) is 0 Å². The molecule has 1 amide bonds. The van der Waals surface area contributed by atoms with Crippen LogP contribution in [0, 0.1) is 0 Å². The summed E-state index contributed by atoms with van der Waals surface area (Å²) in [6.07, 6.45) is 1.68. The number of hydrogen-bond donors (Lipinski definition) is 0. The summed E-state index contributed by atoms with van der Waals surface area (Å²) in [5.74, 6) is 1.59. The molecule has 0 unspecified atom stereocenters. The Balaban J connectivity index is 1.61. The Hall–Kier alpha value is -2.05. The van der Waals surface area contributed by atoms with E-state index in [1.165, 1.54) is 11.3 Å². The quantitative estimate of drug-likeness (QED) is 0.810. The average molecular weight is 373 g/mol. The van der Waals surface area contributed by atoms with Gasteiger partial charge in [-0.25, -0.2) is 0 Å². The Morgan fingerprint density at radius 3 is 2.88 bits per heavy atom. The second-order valence-electron chi connectivity index (χ2n) is 7.35. The summed E-state index contributed by atoms with van der Waals surface area (Å²) in [6, 6.07) is 9.86. The monoisotopic (exact) mass is 373 g/mol. The van der Waals surface area contributed by atoms with Crippen molar-refractivity contribution in [2.75, 3.05) is 13.4 Å². The molecule has 2 aliphatic heterocycles. The first-order valence-electron chi connectivity index (χ1n) is 8.89. The fourth-order valence-electron chi connectivity index (χ4n) is 3.61. The van der Waals surface area contributed by atoms with Crippen LogP contribution in [0.15, 0.2) is 35.7 Å². The Labute approximate surface area is 157 Å². The van der Waals surface area contributed by atoms with Gasteiger partial charge in [0.1, 0.15) is 0 Å². The van der Waals surface area contributed by atoms with Crippen LogP contribution >= 0.6 is 11.3 Å². The van der Waals surface area contributed by atoms with Crippen molar-refractivity contribution in [3.63, 3.8) is 0 Å². The molecule has 0 bridgehead atoms. The van der Waals surface area contributed by atoms with Crippen LogP contribution in [0.4, 0.5) is 0 Å². The molecule has 0 radical (unpaired) electrons. The molecule has 1 atom stereocenters. The minimum absolute atomic E-state index is 0.0837. The maximum atomic E-state index is 13.2. The van der Waals surface area contributed by atoms with Gasteiger partial charge in [0, 0.05) is 19.2 Å². The third-order valence-electron chi connectivity index (χ3n) is 4.89. The van der Waals surface area contributed by atoms with Crippen LogP contribution in [-0.2, 0) is 11.3 Å². The fraction of sp³-hybridized carbons (Fsp3) is 0.450. The average Bonchev–Trinajstić information content (AvgIpc) is 3.29. The largest absolute Gasteiger partial charge is 0.454 e. The number of thiophene rings is 1. The molecular formula is C20H23NO4S. The number of nitrogens with zero attached hydrogens (tertiary/aromatic N) is 1. The number of benzene rings is 1. The topological polar surface area (TPSA) is 48.0 Å². The maximum absolute atomic E-state index is 13.2. The number of rotatable bonds is 4. The van der Waals surface area contributed by atoms with Crippen molar-refractivity contribution in [3.8, 4) is 11.5 Å². The van der Waals surface area contributed by atoms with Gasteiger partial charge in [0.25, 0.3) is 5.91 Å². The van der Waals surface area contributed by atoms with Crippen molar-refractivity contribution in [1.82, 2.24) is 4.90 Å². The minimum atomic E-state index is -0.216. The smallest absolute Gasteiger partial charge is 0.264 e. The van der Waals surface area contributed by atoms with Gasteiger partial charge in [-0.2, -0.15) is 0 Å². The van der Waals surface area contributed by atoms with E-state index >= 15 is 0 Å². The highest BCUT2D eigenvalue weighted by atomic mass is 32.1. The normalized spacial score (nSPS) is 20.8. The van der Waals surface area contributed by atoms with Gasteiger partial charge in [-0.1, -0.05) is 12.1 Å². The highest BCUT2D eigenvalue weighted by Gasteiger charge is 2.35. The summed E-state index contributed by atoms with van der Waals surface area (Å²) in [5, 5.41) is 1.94. The van der Waals surface area contributed by atoms with E-state index in [0.717, 1.165) is 34.8 Å². The lowest BCUT2D eigenvalue weighted by molar-refractivity contribution is -0.0791. The molecule has 1 aromatic heterocycles. The zero-order valence-electron chi connectivity index (χ0n) is 15.1. The number of ether oxygens (including phenoxy) is 3. The van der Waals surface area contributed by atoms with E-state index in [2.05, 4.69) is 13.8 Å². The molecule has 1 aromatic carbocycles. The van der Waals surface area contributed by atoms with Crippen molar-refractivity contribution >= 4 is 17.2 Å². The molecule has 26 heavy (non-hydrogen) atoms. The fourth-order valence-corrected chi connectivity index (χ4v) is 4.29. The molecule has 1 fully saturated rings. The molecule has 3 heterocycles. The van der Waals surface area contributed by atoms with Gasteiger partial charge >= 0.3 is 0 Å². The minimum Gasteiger partial charge on any atom is -0.454 e. The first kappa shape index (κ1) is 17.4. The van der Waals surface area contributed by atoms with Gasteiger partial charge in [0.2, 0.25) is 6.79 Å². The third-order valence-corrected chi connectivity index (χ3v) is 5.75. The molecule has 2 aliphatic rings.